The van der Waals surface area contributed by atoms with Gasteiger partial charge in [-0.25, -0.2) is 17.4 Å². The highest BCUT2D eigenvalue weighted by atomic mass is 32.2. The van der Waals surface area contributed by atoms with Crippen molar-refractivity contribution in [3.8, 4) is 5.75 Å². The molecule has 0 bridgehead atoms. The van der Waals surface area contributed by atoms with Crippen LogP contribution in [0.3, 0.4) is 0 Å². The molecule has 2 aromatic heterocycles. The summed E-state index contributed by atoms with van der Waals surface area (Å²) in [7, 11) is -3.71. The number of aromatic nitrogens is 2. The topological polar surface area (TPSA) is 61.2 Å². The lowest BCUT2D eigenvalue weighted by Crippen LogP contribution is -2.14. The van der Waals surface area contributed by atoms with E-state index in [2.05, 4.69) is 4.98 Å². The molecule has 0 aliphatic rings. The molecule has 0 saturated heterocycles. The third-order valence-electron chi connectivity index (χ3n) is 4.28. The van der Waals surface area contributed by atoms with Crippen LogP contribution >= 0.6 is 0 Å². The summed E-state index contributed by atoms with van der Waals surface area (Å²) in [6.07, 6.45) is 1.56. The Morgan fingerprint density at radius 1 is 0.963 bits per heavy atom. The van der Waals surface area contributed by atoms with E-state index in [9.17, 15) is 8.42 Å². The van der Waals surface area contributed by atoms with Gasteiger partial charge in [-0.15, -0.1) is 0 Å². The largest absolute Gasteiger partial charge is 0.487 e. The van der Waals surface area contributed by atoms with Gasteiger partial charge in [0, 0.05) is 11.1 Å². The second kappa shape index (κ2) is 6.89. The van der Waals surface area contributed by atoms with Gasteiger partial charge in [-0.05, 0) is 36.8 Å². The fourth-order valence-corrected chi connectivity index (χ4v) is 4.53. The molecule has 0 saturated carbocycles. The fraction of sp³-hybridized carbons (Fsp3) is 0.0952. The molecule has 6 heteroatoms. The zero-order valence-corrected chi connectivity index (χ0v) is 15.6. The second-order valence-electron chi connectivity index (χ2n) is 6.23. The fourth-order valence-electron chi connectivity index (χ4n) is 3.00. The minimum Gasteiger partial charge on any atom is -0.487 e. The highest BCUT2D eigenvalue weighted by molar-refractivity contribution is 7.90. The van der Waals surface area contributed by atoms with Crippen molar-refractivity contribution < 1.29 is 13.2 Å². The lowest BCUT2D eigenvalue weighted by Gasteiger charge is -2.10. The van der Waals surface area contributed by atoms with E-state index < -0.39 is 10.0 Å². The van der Waals surface area contributed by atoms with Crippen molar-refractivity contribution in [2.75, 3.05) is 0 Å². The average Bonchev–Trinajstić information content (AvgIpc) is 3.03. The Bertz CT molecular complexity index is 1180. The normalized spacial score (nSPS) is 11.6. The number of pyridine rings is 1. The van der Waals surface area contributed by atoms with Gasteiger partial charge in [0.2, 0.25) is 0 Å². The monoisotopic (exact) mass is 378 g/mol. The van der Waals surface area contributed by atoms with Gasteiger partial charge in [-0.2, -0.15) is 0 Å². The number of nitrogens with zero attached hydrogens (tertiary/aromatic N) is 2. The molecule has 136 valence electrons. The predicted molar refractivity (Wildman–Crippen MR) is 104 cm³/mol. The SMILES string of the molecule is Cc1cc2cc(OCc3ccccc3)cnc2n1S(=O)(=O)c1ccccc1. The van der Waals surface area contributed by atoms with Crippen LogP contribution in [-0.2, 0) is 16.6 Å². The number of benzene rings is 2. The van der Waals surface area contributed by atoms with E-state index in [0.29, 0.717) is 23.7 Å². The van der Waals surface area contributed by atoms with Crippen molar-refractivity contribution in [3.63, 3.8) is 0 Å². The zero-order valence-electron chi connectivity index (χ0n) is 14.7. The minimum atomic E-state index is -3.71. The maximum absolute atomic E-state index is 13.0. The van der Waals surface area contributed by atoms with Gasteiger partial charge in [-0.1, -0.05) is 48.5 Å². The van der Waals surface area contributed by atoms with Gasteiger partial charge in [0.05, 0.1) is 11.1 Å². The van der Waals surface area contributed by atoms with Crippen molar-refractivity contribution in [2.24, 2.45) is 0 Å². The molecular formula is C21H18N2O3S. The lowest BCUT2D eigenvalue weighted by atomic mass is 10.2. The lowest BCUT2D eigenvalue weighted by molar-refractivity contribution is 0.305. The highest BCUT2D eigenvalue weighted by Gasteiger charge is 2.22. The molecule has 4 rings (SSSR count). The number of ether oxygens (including phenoxy) is 1. The van der Waals surface area contributed by atoms with Gasteiger partial charge in [0.15, 0.2) is 5.65 Å². The van der Waals surface area contributed by atoms with Crippen molar-refractivity contribution in [1.82, 2.24) is 8.96 Å². The standard InChI is InChI=1S/C21H18N2O3S/c1-16-12-18-13-19(26-15-17-8-4-2-5-9-17)14-22-21(18)23(16)27(24,25)20-10-6-3-7-11-20/h2-14H,15H2,1H3. The molecule has 4 aromatic rings. The number of rotatable bonds is 5. The third kappa shape index (κ3) is 3.31. The first kappa shape index (κ1) is 17.3. The van der Waals surface area contributed by atoms with E-state index in [1.54, 1.807) is 49.5 Å². The first-order valence-corrected chi connectivity index (χ1v) is 9.95. The summed E-state index contributed by atoms with van der Waals surface area (Å²) in [6.45, 7) is 2.18. The zero-order chi connectivity index (χ0) is 18.9. The van der Waals surface area contributed by atoms with E-state index in [1.807, 2.05) is 36.4 Å². The molecule has 0 spiro atoms. The van der Waals surface area contributed by atoms with Crippen LogP contribution in [0.5, 0.6) is 5.75 Å². The Morgan fingerprint density at radius 3 is 2.33 bits per heavy atom. The van der Waals surface area contributed by atoms with Crippen molar-refractivity contribution in [1.29, 1.82) is 0 Å². The van der Waals surface area contributed by atoms with Gasteiger partial charge in [0.1, 0.15) is 12.4 Å². The molecule has 0 radical (unpaired) electrons. The second-order valence-corrected chi connectivity index (χ2v) is 8.01. The Morgan fingerprint density at radius 2 is 1.63 bits per heavy atom. The predicted octanol–water partition coefficient (Wildman–Crippen LogP) is 4.16. The van der Waals surface area contributed by atoms with Gasteiger partial charge in [-0.3, -0.25) is 0 Å². The van der Waals surface area contributed by atoms with E-state index in [1.165, 1.54) is 3.97 Å². The average molecular weight is 378 g/mol. The highest BCUT2D eigenvalue weighted by Crippen LogP contribution is 2.26. The molecule has 0 unspecified atom stereocenters. The van der Waals surface area contributed by atoms with Crippen molar-refractivity contribution >= 4 is 21.1 Å². The summed E-state index contributed by atoms with van der Waals surface area (Å²) in [5.74, 6) is 0.598. The molecule has 0 fully saturated rings. The van der Waals surface area contributed by atoms with Gasteiger partial charge < -0.3 is 4.74 Å². The number of hydrogen-bond acceptors (Lipinski definition) is 4. The maximum atomic E-state index is 13.0. The molecular weight excluding hydrogens is 360 g/mol. The Hall–Kier alpha value is -3.12. The quantitative estimate of drug-likeness (QED) is 0.523. The number of fused-ring (bicyclic) bond motifs is 1. The van der Waals surface area contributed by atoms with Crippen LogP contribution in [0.1, 0.15) is 11.3 Å². The van der Waals surface area contributed by atoms with E-state index >= 15 is 0 Å². The first-order chi connectivity index (χ1) is 13.1. The van der Waals surface area contributed by atoms with Crippen LogP contribution in [0.4, 0.5) is 0 Å². The van der Waals surface area contributed by atoms with E-state index in [-0.39, 0.29) is 4.90 Å². The van der Waals surface area contributed by atoms with E-state index in [0.717, 1.165) is 10.9 Å². The van der Waals surface area contributed by atoms with Crippen LogP contribution in [0.25, 0.3) is 11.0 Å². The summed E-state index contributed by atoms with van der Waals surface area (Å²) in [4.78, 5) is 4.60. The summed E-state index contributed by atoms with van der Waals surface area (Å²) in [5.41, 5.74) is 2.04. The molecule has 0 aliphatic carbocycles. The molecule has 2 heterocycles. The van der Waals surface area contributed by atoms with Crippen LogP contribution in [-0.4, -0.2) is 17.4 Å². The van der Waals surface area contributed by atoms with Crippen molar-refractivity contribution in [3.05, 3.63) is 90.3 Å². The van der Waals surface area contributed by atoms with Crippen molar-refractivity contribution in [2.45, 2.75) is 18.4 Å². The maximum Gasteiger partial charge on any atom is 0.269 e. The Kier molecular flexibility index (Phi) is 4.41. The van der Waals surface area contributed by atoms with Gasteiger partial charge in [0.25, 0.3) is 10.0 Å². The smallest absolute Gasteiger partial charge is 0.269 e. The summed E-state index contributed by atoms with van der Waals surface area (Å²) >= 11 is 0. The molecule has 0 atom stereocenters. The van der Waals surface area contributed by atoms with Crippen LogP contribution < -0.4 is 4.74 Å². The van der Waals surface area contributed by atoms with E-state index in [4.69, 9.17) is 4.74 Å². The molecule has 2 aromatic carbocycles. The molecule has 5 nitrogen and oxygen atoms in total. The molecule has 0 N–H and O–H groups in total. The molecule has 0 amide bonds. The van der Waals surface area contributed by atoms with Gasteiger partial charge >= 0.3 is 0 Å². The Balaban J connectivity index is 1.69. The minimum absolute atomic E-state index is 0.233. The molecule has 0 aliphatic heterocycles. The summed E-state index contributed by atoms with van der Waals surface area (Å²) < 4.78 is 33.1. The van der Waals surface area contributed by atoms with Crippen LogP contribution in [0.15, 0.2) is 83.9 Å². The summed E-state index contributed by atoms with van der Waals surface area (Å²) in [5, 5.41) is 0.720. The summed E-state index contributed by atoms with van der Waals surface area (Å²) in [6, 6.07) is 21.8. The third-order valence-corrected chi connectivity index (χ3v) is 6.09. The van der Waals surface area contributed by atoms with Crippen LogP contribution in [0, 0.1) is 6.92 Å². The Labute approximate surface area is 157 Å². The molecule has 27 heavy (non-hydrogen) atoms. The number of hydrogen-bond donors (Lipinski definition) is 0. The first-order valence-electron chi connectivity index (χ1n) is 8.51. The van der Waals surface area contributed by atoms with Crippen LogP contribution in [0.2, 0.25) is 0 Å². The number of aryl methyl sites for hydroxylation is 1.